The Morgan fingerprint density at radius 2 is 1.68 bits per heavy atom. The molecular weight excluding hydrogens is 470 g/mol. The van der Waals surface area contributed by atoms with E-state index in [0.29, 0.717) is 40.9 Å². The molecule has 6 N–H and O–H groups in total. The number of primary amides is 1. The van der Waals surface area contributed by atoms with Gasteiger partial charge in [-0.05, 0) is 61.7 Å². The second kappa shape index (κ2) is 12.0. The molecule has 0 atom stereocenters. The van der Waals surface area contributed by atoms with E-state index >= 15 is 0 Å². The molecule has 2 aromatic carbocycles. The first kappa shape index (κ1) is 25.6. The highest BCUT2D eigenvalue weighted by molar-refractivity contribution is 6.07. The lowest BCUT2D eigenvalue weighted by Crippen LogP contribution is -2.20. The summed E-state index contributed by atoms with van der Waals surface area (Å²) in [6.45, 7) is 2.63. The number of benzene rings is 2. The van der Waals surface area contributed by atoms with Gasteiger partial charge in [-0.1, -0.05) is 25.8 Å². The van der Waals surface area contributed by atoms with Crippen LogP contribution in [0.4, 0.5) is 28.8 Å². The number of nitrogens with two attached hydrogens (primary N) is 1. The summed E-state index contributed by atoms with van der Waals surface area (Å²) in [5, 5.41) is 12.1. The van der Waals surface area contributed by atoms with Crippen LogP contribution >= 0.6 is 0 Å². The summed E-state index contributed by atoms with van der Waals surface area (Å²) in [6, 6.07) is 13.7. The lowest BCUT2D eigenvalue weighted by molar-refractivity contribution is -0.119. The molecule has 192 valence electrons. The fraction of sp³-hybridized carbons (Fsp3) is 0.296. The molecule has 1 saturated carbocycles. The van der Waals surface area contributed by atoms with E-state index in [1.54, 1.807) is 48.5 Å². The van der Waals surface area contributed by atoms with Crippen molar-refractivity contribution >= 4 is 46.5 Å². The van der Waals surface area contributed by atoms with Gasteiger partial charge < -0.3 is 27.0 Å². The van der Waals surface area contributed by atoms with Crippen molar-refractivity contribution in [1.29, 1.82) is 0 Å². The Labute approximate surface area is 215 Å². The number of hydrogen-bond acceptors (Lipinski definition) is 7. The van der Waals surface area contributed by atoms with Crippen molar-refractivity contribution in [3.63, 3.8) is 0 Å². The Balaban J connectivity index is 1.47. The van der Waals surface area contributed by atoms with Crippen LogP contribution in [0, 0.1) is 5.92 Å². The van der Waals surface area contributed by atoms with E-state index < -0.39 is 5.91 Å². The van der Waals surface area contributed by atoms with Crippen LogP contribution in [0.2, 0.25) is 0 Å². The summed E-state index contributed by atoms with van der Waals surface area (Å²) in [4.78, 5) is 45.7. The summed E-state index contributed by atoms with van der Waals surface area (Å²) in [7, 11) is 0. The molecule has 1 heterocycles. The number of aromatic nitrogens is 2. The maximum Gasteiger partial charge on any atom is 0.260 e. The second-order valence-corrected chi connectivity index (χ2v) is 8.95. The molecule has 1 aromatic heterocycles. The van der Waals surface area contributed by atoms with Gasteiger partial charge in [-0.25, -0.2) is 4.98 Å². The highest BCUT2D eigenvalue weighted by atomic mass is 16.2. The van der Waals surface area contributed by atoms with Gasteiger partial charge in [0, 0.05) is 41.3 Å². The molecule has 0 unspecified atom stereocenters. The van der Waals surface area contributed by atoms with Gasteiger partial charge in [0.1, 0.15) is 11.4 Å². The molecule has 37 heavy (non-hydrogen) atoms. The van der Waals surface area contributed by atoms with E-state index in [9.17, 15) is 14.4 Å². The van der Waals surface area contributed by atoms with E-state index in [1.165, 1.54) is 6.20 Å². The Hall–Kier alpha value is -4.47. The van der Waals surface area contributed by atoms with Crippen molar-refractivity contribution in [3.8, 4) is 0 Å². The number of hydrogen-bond donors (Lipinski definition) is 5. The Morgan fingerprint density at radius 1 is 0.973 bits per heavy atom. The maximum absolute atomic E-state index is 13.1. The third kappa shape index (κ3) is 6.81. The molecule has 0 saturated heterocycles. The van der Waals surface area contributed by atoms with Crippen LogP contribution in [0.25, 0.3) is 0 Å². The molecular formula is C27H31N7O3. The Kier molecular flexibility index (Phi) is 8.29. The number of rotatable bonds is 10. The van der Waals surface area contributed by atoms with Crippen molar-refractivity contribution in [2.45, 2.75) is 39.0 Å². The number of carbonyl (C=O) groups excluding carboxylic acids is 3. The van der Waals surface area contributed by atoms with Crippen molar-refractivity contribution in [3.05, 3.63) is 65.9 Å². The van der Waals surface area contributed by atoms with Gasteiger partial charge >= 0.3 is 0 Å². The predicted molar refractivity (Wildman–Crippen MR) is 144 cm³/mol. The van der Waals surface area contributed by atoms with Crippen LogP contribution in [-0.2, 0) is 4.79 Å². The fourth-order valence-corrected chi connectivity index (χ4v) is 4.14. The summed E-state index contributed by atoms with van der Waals surface area (Å²) < 4.78 is 0. The number of anilines is 5. The van der Waals surface area contributed by atoms with E-state index in [-0.39, 0.29) is 23.3 Å². The minimum absolute atomic E-state index is 0.0211. The zero-order valence-corrected chi connectivity index (χ0v) is 20.7. The molecule has 4 rings (SSSR count). The van der Waals surface area contributed by atoms with Crippen LogP contribution in [0.3, 0.4) is 0 Å². The van der Waals surface area contributed by atoms with Gasteiger partial charge in [-0.15, -0.1) is 0 Å². The first-order valence-corrected chi connectivity index (χ1v) is 12.4. The van der Waals surface area contributed by atoms with Crippen molar-refractivity contribution in [1.82, 2.24) is 9.97 Å². The summed E-state index contributed by atoms with van der Waals surface area (Å²) in [6.07, 6.45) is 6.29. The predicted octanol–water partition coefficient (Wildman–Crippen LogP) is 4.52. The lowest BCUT2D eigenvalue weighted by atomic mass is 10.1. The smallest absolute Gasteiger partial charge is 0.260 e. The summed E-state index contributed by atoms with van der Waals surface area (Å²) in [5.41, 5.74) is 7.82. The first-order valence-electron chi connectivity index (χ1n) is 12.4. The molecule has 10 nitrogen and oxygen atoms in total. The normalized spacial score (nSPS) is 13.1. The molecule has 1 aliphatic carbocycles. The van der Waals surface area contributed by atoms with Crippen LogP contribution < -0.4 is 27.0 Å². The molecule has 3 aromatic rings. The summed E-state index contributed by atoms with van der Waals surface area (Å²) in [5.74, 6) is -0.139. The van der Waals surface area contributed by atoms with Gasteiger partial charge in [0.15, 0.2) is 0 Å². The first-order chi connectivity index (χ1) is 17.9. The van der Waals surface area contributed by atoms with E-state index in [2.05, 4.69) is 31.2 Å². The molecule has 0 spiro atoms. The monoisotopic (exact) mass is 501 g/mol. The van der Waals surface area contributed by atoms with Crippen LogP contribution in [0.15, 0.2) is 54.7 Å². The van der Waals surface area contributed by atoms with Crippen molar-refractivity contribution in [2.24, 2.45) is 11.7 Å². The third-order valence-corrected chi connectivity index (χ3v) is 6.12. The highest BCUT2D eigenvalue weighted by Crippen LogP contribution is 2.27. The number of amides is 3. The number of nitrogens with zero attached hydrogens (tertiary/aromatic N) is 2. The van der Waals surface area contributed by atoms with Gasteiger partial charge in [-0.2, -0.15) is 4.98 Å². The molecule has 10 heteroatoms. The molecule has 0 bridgehead atoms. The van der Waals surface area contributed by atoms with E-state index in [0.717, 1.165) is 32.1 Å². The zero-order chi connectivity index (χ0) is 26.2. The second-order valence-electron chi connectivity index (χ2n) is 8.95. The fourth-order valence-electron chi connectivity index (χ4n) is 4.14. The molecule has 1 aliphatic rings. The van der Waals surface area contributed by atoms with E-state index in [1.807, 2.05) is 6.92 Å². The average molecular weight is 502 g/mol. The quantitative estimate of drug-likeness (QED) is 0.274. The molecule has 3 amide bonds. The Bertz CT molecular complexity index is 1270. The van der Waals surface area contributed by atoms with Crippen LogP contribution in [0.5, 0.6) is 0 Å². The minimum atomic E-state index is -0.508. The zero-order valence-electron chi connectivity index (χ0n) is 20.7. The number of carbonyl (C=O) groups is 3. The SMILES string of the molecule is CCCNc1nc(Nc2ccc(C(N)=O)cc2)ncc1C(=O)Nc1cccc(NC(=O)C2CCCC2)c1. The average Bonchev–Trinajstić information content (AvgIpc) is 3.43. The van der Waals surface area contributed by atoms with Gasteiger partial charge in [-0.3, -0.25) is 14.4 Å². The van der Waals surface area contributed by atoms with E-state index in [4.69, 9.17) is 5.73 Å². The lowest BCUT2D eigenvalue weighted by Gasteiger charge is -2.14. The van der Waals surface area contributed by atoms with Gasteiger partial charge in [0.05, 0.1) is 0 Å². The summed E-state index contributed by atoms with van der Waals surface area (Å²) >= 11 is 0. The van der Waals surface area contributed by atoms with Crippen LogP contribution in [-0.4, -0.2) is 34.2 Å². The Morgan fingerprint density at radius 3 is 2.35 bits per heavy atom. The molecule has 0 aliphatic heterocycles. The topological polar surface area (TPSA) is 151 Å². The van der Waals surface area contributed by atoms with Crippen molar-refractivity contribution < 1.29 is 14.4 Å². The maximum atomic E-state index is 13.1. The van der Waals surface area contributed by atoms with Gasteiger partial charge in [0.25, 0.3) is 5.91 Å². The van der Waals surface area contributed by atoms with Crippen molar-refractivity contribution in [2.75, 3.05) is 27.8 Å². The molecule has 1 fully saturated rings. The third-order valence-electron chi connectivity index (χ3n) is 6.12. The largest absolute Gasteiger partial charge is 0.369 e. The standard InChI is InChI=1S/C27H31N7O3/c1-2-14-29-24-22(16-30-27(34-24)33-19-12-10-17(11-13-19)23(28)35)26(37)32-21-9-5-8-20(15-21)31-25(36)18-6-3-4-7-18/h5,8-13,15-16,18H,2-4,6-7,14H2,1H3,(H2,28,35)(H,31,36)(H,32,37)(H2,29,30,33,34). The van der Waals surface area contributed by atoms with Crippen LogP contribution in [0.1, 0.15) is 59.7 Å². The highest BCUT2D eigenvalue weighted by Gasteiger charge is 2.22. The van der Waals surface area contributed by atoms with Gasteiger partial charge in [0.2, 0.25) is 17.8 Å². The minimum Gasteiger partial charge on any atom is -0.369 e. The molecule has 0 radical (unpaired) electrons. The number of nitrogens with one attached hydrogen (secondary N) is 4.